The van der Waals surface area contributed by atoms with E-state index in [1.165, 1.54) is 5.56 Å². The van der Waals surface area contributed by atoms with Crippen LogP contribution in [0.4, 0.5) is 0 Å². The summed E-state index contributed by atoms with van der Waals surface area (Å²) in [7, 11) is 5.44. The first-order valence-corrected chi connectivity index (χ1v) is 17.6. The molecule has 2 heterocycles. The van der Waals surface area contributed by atoms with Gasteiger partial charge in [-0.1, -0.05) is 12.1 Å². The van der Waals surface area contributed by atoms with Gasteiger partial charge in [-0.15, -0.1) is 0 Å². The van der Waals surface area contributed by atoms with Crippen LogP contribution in [0.15, 0.2) is 48.5 Å². The van der Waals surface area contributed by atoms with E-state index < -0.39 is 0 Å². The third-order valence-corrected chi connectivity index (χ3v) is 9.40. The van der Waals surface area contributed by atoms with Gasteiger partial charge in [-0.2, -0.15) is 0 Å². The molecule has 2 atom stereocenters. The summed E-state index contributed by atoms with van der Waals surface area (Å²) in [5.74, 6) is 4.43. The van der Waals surface area contributed by atoms with Crippen molar-refractivity contribution in [3.05, 3.63) is 70.8 Å². The molecule has 1 saturated heterocycles. The normalized spacial score (nSPS) is 18.1. The molecule has 1 fully saturated rings. The Morgan fingerprint density at radius 2 is 1.35 bits per heavy atom. The van der Waals surface area contributed by atoms with Crippen LogP contribution in [0, 0.1) is 0 Å². The van der Waals surface area contributed by atoms with Crippen molar-refractivity contribution < 1.29 is 33.2 Å². The number of carbonyl (C=O) groups is 1. The van der Waals surface area contributed by atoms with Crippen LogP contribution in [0.3, 0.4) is 0 Å². The van der Waals surface area contributed by atoms with Gasteiger partial charge in [-0.05, 0) is 106 Å². The zero-order valence-electron chi connectivity index (χ0n) is 30.3. The van der Waals surface area contributed by atoms with Crippen LogP contribution in [-0.2, 0) is 17.6 Å². The van der Waals surface area contributed by atoms with Gasteiger partial charge in [-0.3, -0.25) is 14.6 Å². The molecule has 266 valence electrons. The van der Waals surface area contributed by atoms with Gasteiger partial charge in [0.25, 0.3) is 0 Å². The van der Waals surface area contributed by atoms with Crippen molar-refractivity contribution in [3.63, 3.8) is 0 Å². The van der Waals surface area contributed by atoms with Crippen LogP contribution in [0.1, 0.15) is 62.0 Å². The minimum atomic E-state index is -0.187. The van der Waals surface area contributed by atoms with E-state index in [1.54, 1.807) is 14.2 Å². The van der Waals surface area contributed by atoms with Gasteiger partial charge >= 0.3 is 0 Å². The number of hydrogen-bond acceptors (Lipinski definition) is 9. The molecule has 0 bridgehead atoms. The number of hydrogen-bond donors (Lipinski definition) is 0. The van der Waals surface area contributed by atoms with E-state index in [1.807, 2.05) is 45.9 Å². The number of methoxy groups -OCH3 is 2. The second kappa shape index (κ2) is 17.0. The van der Waals surface area contributed by atoms with Crippen molar-refractivity contribution in [2.24, 2.45) is 0 Å². The quantitative estimate of drug-likeness (QED) is 0.194. The fourth-order valence-electron chi connectivity index (χ4n) is 6.99. The standard InChI is InChI=1S/C39H53N3O7/c1-8-46-34-14-12-27(21-36(34)47-9-2)20-31-30-24-38(49-11-4)37(48-10-3)22-28(30)16-17-42(31)39(43)26-41-19-18-40(5)32(25-41)29-13-15-33(44-6)35(23-29)45-7/h12-15,21-24,31-32H,8-11,16-20,25-26H2,1-7H3. The van der Waals surface area contributed by atoms with Crippen molar-refractivity contribution in [1.82, 2.24) is 14.7 Å². The number of carbonyl (C=O) groups excluding carboxylic acids is 1. The average molecular weight is 676 g/mol. The van der Waals surface area contributed by atoms with E-state index >= 15 is 0 Å². The molecule has 1 amide bonds. The number of fused-ring (bicyclic) bond motifs is 1. The van der Waals surface area contributed by atoms with E-state index in [4.69, 9.17) is 28.4 Å². The van der Waals surface area contributed by atoms with Crippen LogP contribution in [0.2, 0.25) is 0 Å². The van der Waals surface area contributed by atoms with Crippen molar-refractivity contribution in [3.8, 4) is 34.5 Å². The maximum atomic E-state index is 14.4. The molecule has 0 radical (unpaired) electrons. The van der Waals surface area contributed by atoms with Crippen molar-refractivity contribution in [2.45, 2.75) is 52.6 Å². The molecule has 2 unspecified atom stereocenters. The molecule has 0 aliphatic carbocycles. The molecular formula is C39H53N3O7. The van der Waals surface area contributed by atoms with Crippen LogP contribution < -0.4 is 28.4 Å². The average Bonchev–Trinajstić information content (AvgIpc) is 3.10. The minimum Gasteiger partial charge on any atom is -0.493 e. The third kappa shape index (κ3) is 8.36. The highest BCUT2D eigenvalue weighted by molar-refractivity contribution is 5.79. The summed E-state index contributed by atoms with van der Waals surface area (Å²) in [4.78, 5) is 21.1. The number of piperazine rings is 1. The molecule has 10 nitrogen and oxygen atoms in total. The lowest BCUT2D eigenvalue weighted by molar-refractivity contribution is -0.136. The summed E-state index contributed by atoms with van der Waals surface area (Å²) in [6.45, 7) is 13.4. The van der Waals surface area contributed by atoms with Crippen molar-refractivity contribution in [1.29, 1.82) is 0 Å². The Bertz CT molecular complexity index is 1560. The highest BCUT2D eigenvalue weighted by atomic mass is 16.5. The van der Waals surface area contributed by atoms with Gasteiger partial charge in [0.15, 0.2) is 34.5 Å². The van der Waals surface area contributed by atoms with Crippen LogP contribution >= 0.6 is 0 Å². The van der Waals surface area contributed by atoms with Crippen molar-refractivity contribution >= 4 is 5.91 Å². The van der Waals surface area contributed by atoms with Gasteiger partial charge < -0.3 is 33.3 Å². The lowest BCUT2D eigenvalue weighted by atomic mass is 9.88. The lowest BCUT2D eigenvalue weighted by Gasteiger charge is -2.42. The number of nitrogens with zero attached hydrogens (tertiary/aromatic N) is 3. The monoisotopic (exact) mass is 675 g/mol. The molecule has 2 aliphatic heterocycles. The summed E-state index contributed by atoms with van der Waals surface area (Å²) in [6, 6.07) is 16.3. The topological polar surface area (TPSA) is 82.2 Å². The Morgan fingerprint density at radius 3 is 2.02 bits per heavy atom. The predicted octanol–water partition coefficient (Wildman–Crippen LogP) is 5.96. The largest absolute Gasteiger partial charge is 0.493 e. The zero-order valence-corrected chi connectivity index (χ0v) is 30.3. The Kier molecular flexibility index (Phi) is 12.5. The molecule has 3 aromatic carbocycles. The van der Waals surface area contributed by atoms with Crippen LogP contribution in [0.5, 0.6) is 34.5 Å². The van der Waals surface area contributed by atoms with Crippen LogP contribution in [-0.4, -0.2) is 101 Å². The summed E-state index contributed by atoms with van der Waals surface area (Å²) in [5, 5.41) is 0. The minimum absolute atomic E-state index is 0.116. The molecular weight excluding hydrogens is 622 g/mol. The molecule has 5 rings (SSSR count). The fourth-order valence-corrected chi connectivity index (χ4v) is 6.99. The Morgan fingerprint density at radius 1 is 0.714 bits per heavy atom. The highest BCUT2D eigenvalue weighted by Crippen LogP contribution is 2.41. The molecule has 3 aromatic rings. The highest BCUT2D eigenvalue weighted by Gasteiger charge is 2.35. The smallest absolute Gasteiger partial charge is 0.237 e. The zero-order chi connectivity index (χ0) is 34.9. The third-order valence-electron chi connectivity index (χ3n) is 9.40. The lowest BCUT2D eigenvalue weighted by Crippen LogP contribution is -2.51. The molecule has 2 aliphatic rings. The Labute approximate surface area is 291 Å². The van der Waals surface area contributed by atoms with E-state index in [2.05, 4.69) is 52.1 Å². The Hall–Kier alpha value is -4.15. The molecule has 0 N–H and O–H groups in total. The van der Waals surface area contributed by atoms with Gasteiger partial charge in [-0.25, -0.2) is 0 Å². The number of likely N-dealkylation sites (N-methyl/N-ethyl adjacent to an activating group) is 1. The number of benzene rings is 3. The second-order valence-corrected chi connectivity index (χ2v) is 12.4. The molecule has 0 spiro atoms. The molecule has 0 saturated carbocycles. The van der Waals surface area contributed by atoms with E-state index in [9.17, 15) is 4.79 Å². The number of amides is 1. The first-order chi connectivity index (χ1) is 23.8. The SMILES string of the molecule is CCOc1ccc(CC2c3cc(OCC)c(OCC)cc3CCN2C(=O)CN2CCN(C)C(c3ccc(OC)c(OC)c3)C2)cc1OCC. The summed E-state index contributed by atoms with van der Waals surface area (Å²) >= 11 is 0. The predicted molar refractivity (Wildman–Crippen MR) is 191 cm³/mol. The number of rotatable bonds is 15. The Balaban J connectivity index is 1.44. The second-order valence-electron chi connectivity index (χ2n) is 12.4. The summed E-state index contributed by atoms with van der Waals surface area (Å²) in [6.07, 6.45) is 1.37. The van der Waals surface area contributed by atoms with Gasteiger partial charge in [0.05, 0.1) is 53.2 Å². The fraction of sp³-hybridized carbons (Fsp3) is 0.513. The maximum absolute atomic E-state index is 14.4. The van der Waals surface area contributed by atoms with Gasteiger partial charge in [0, 0.05) is 32.2 Å². The summed E-state index contributed by atoms with van der Waals surface area (Å²) in [5.41, 5.74) is 4.49. The van der Waals surface area contributed by atoms with E-state index in [0.29, 0.717) is 63.2 Å². The van der Waals surface area contributed by atoms with Crippen LogP contribution in [0.25, 0.3) is 0 Å². The van der Waals surface area contributed by atoms with Gasteiger partial charge in [0.2, 0.25) is 5.91 Å². The van der Waals surface area contributed by atoms with Gasteiger partial charge in [0.1, 0.15) is 0 Å². The molecule has 10 heteroatoms. The van der Waals surface area contributed by atoms with E-state index in [-0.39, 0.29) is 18.0 Å². The maximum Gasteiger partial charge on any atom is 0.237 e. The first-order valence-electron chi connectivity index (χ1n) is 17.6. The molecule has 49 heavy (non-hydrogen) atoms. The first kappa shape index (κ1) is 36.1. The number of ether oxygens (including phenoxy) is 6. The van der Waals surface area contributed by atoms with Crippen molar-refractivity contribution in [2.75, 3.05) is 80.4 Å². The summed E-state index contributed by atoms with van der Waals surface area (Å²) < 4.78 is 34.9. The molecule has 0 aromatic heterocycles. The van der Waals surface area contributed by atoms with E-state index in [0.717, 1.165) is 60.0 Å².